The third-order valence-corrected chi connectivity index (χ3v) is 3.51. The minimum atomic E-state index is -0.0505. The van der Waals surface area contributed by atoms with E-state index in [0.717, 1.165) is 11.1 Å². The van der Waals surface area contributed by atoms with Crippen molar-refractivity contribution in [2.75, 3.05) is 0 Å². The van der Waals surface area contributed by atoms with E-state index >= 15 is 0 Å². The van der Waals surface area contributed by atoms with Crippen LogP contribution in [0.15, 0.2) is 46.2 Å². The van der Waals surface area contributed by atoms with Crippen LogP contribution in [-0.4, -0.2) is 13.5 Å². The molecule has 2 rings (SSSR count). The number of rotatable bonds is 1. The van der Waals surface area contributed by atoms with Crippen LogP contribution in [0.4, 0.5) is 0 Å². The number of H-pyrrole nitrogens is 1. The Bertz CT molecular complexity index is 671. The van der Waals surface area contributed by atoms with Crippen LogP contribution in [0.1, 0.15) is 33.7 Å². The normalized spacial score (nSPS) is 9.78. The highest BCUT2D eigenvalue weighted by Crippen LogP contribution is 2.04. The summed E-state index contributed by atoms with van der Waals surface area (Å²) in [6.07, 6.45) is 3.54. The summed E-state index contributed by atoms with van der Waals surface area (Å²) in [6.45, 7) is 8.30. The number of hydrogen-bond acceptors (Lipinski definition) is 2. The van der Waals surface area contributed by atoms with Gasteiger partial charge in [0.05, 0.1) is 0 Å². The Labute approximate surface area is 177 Å². The van der Waals surface area contributed by atoms with E-state index in [0.29, 0.717) is 0 Å². The Hall–Kier alpha value is 0.0900. The van der Waals surface area contributed by atoms with Crippen molar-refractivity contribution in [3.8, 4) is 0 Å². The van der Waals surface area contributed by atoms with Crippen LogP contribution >= 0.6 is 67.8 Å². The lowest BCUT2D eigenvalue weighted by Gasteiger charge is -2.08. The maximum absolute atomic E-state index is 11.2. The Morgan fingerprint density at radius 1 is 0.957 bits per heavy atom. The van der Waals surface area contributed by atoms with Gasteiger partial charge >= 0.3 is 0 Å². The number of pyridine rings is 2. The Morgan fingerprint density at radius 3 is 1.83 bits per heavy atom. The van der Waals surface area contributed by atoms with E-state index in [2.05, 4.69) is 86.6 Å². The highest BCUT2D eigenvalue weighted by molar-refractivity contribution is 14.1. The first-order valence-electron chi connectivity index (χ1n) is 6.99. The Balaban J connectivity index is 0.000000354. The van der Waals surface area contributed by atoms with Crippen molar-refractivity contribution >= 4 is 67.8 Å². The number of alkyl halides is 1. The molecule has 2 aromatic heterocycles. The number of hydrogen-bond donors (Lipinski definition) is 1. The van der Waals surface area contributed by atoms with E-state index in [9.17, 15) is 9.59 Å². The van der Waals surface area contributed by atoms with Crippen LogP contribution in [0.5, 0.6) is 0 Å². The molecule has 7 heteroatoms. The average molecular weight is 654 g/mol. The van der Waals surface area contributed by atoms with Gasteiger partial charge in [-0.25, -0.2) is 0 Å². The summed E-state index contributed by atoms with van der Waals surface area (Å²) in [5.74, 6) is 0. The van der Waals surface area contributed by atoms with Gasteiger partial charge in [0, 0.05) is 41.6 Å². The first-order valence-corrected chi connectivity index (χ1v) is 10.4. The zero-order chi connectivity index (χ0) is 18.0. The molecule has 0 aliphatic carbocycles. The van der Waals surface area contributed by atoms with E-state index in [4.69, 9.17) is 0 Å². The lowest BCUT2D eigenvalue weighted by molar-refractivity contribution is 0.576. The lowest BCUT2D eigenvalue weighted by Crippen LogP contribution is -2.20. The van der Waals surface area contributed by atoms with Gasteiger partial charge in [0.15, 0.2) is 0 Å². The van der Waals surface area contributed by atoms with Crippen molar-refractivity contribution in [1.82, 2.24) is 9.55 Å². The molecule has 0 atom stereocenters. The molecule has 0 saturated carbocycles. The molecule has 1 N–H and O–H groups in total. The van der Waals surface area contributed by atoms with Crippen LogP contribution in [0, 0.1) is 7.14 Å². The van der Waals surface area contributed by atoms with E-state index in [-0.39, 0.29) is 17.2 Å². The summed E-state index contributed by atoms with van der Waals surface area (Å²) < 4.78 is 4.66. The van der Waals surface area contributed by atoms with Crippen LogP contribution in [0.2, 0.25) is 0 Å². The highest BCUT2D eigenvalue weighted by atomic mass is 127. The first-order chi connectivity index (χ1) is 10.6. The topological polar surface area (TPSA) is 54.9 Å². The fraction of sp³-hybridized carbons (Fsp3) is 0.375. The largest absolute Gasteiger partial charge is 0.328 e. The molecule has 0 saturated heterocycles. The van der Waals surface area contributed by atoms with Gasteiger partial charge < -0.3 is 9.55 Å². The summed E-state index contributed by atoms with van der Waals surface area (Å²) >= 11 is 6.67. The summed E-state index contributed by atoms with van der Waals surface area (Å²) in [7, 11) is 0. The smallest absolute Gasteiger partial charge is 0.250 e. The number of nitrogens with one attached hydrogen (secondary N) is 1. The third-order valence-electron chi connectivity index (χ3n) is 2.20. The monoisotopic (exact) mass is 654 g/mol. The quantitative estimate of drug-likeness (QED) is 0.354. The molecule has 0 bridgehead atoms. The molecule has 0 aromatic carbocycles. The van der Waals surface area contributed by atoms with Gasteiger partial charge in [0.25, 0.3) is 5.56 Å². The van der Waals surface area contributed by atoms with Crippen LogP contribution < -0.4 is 11.1 Å². The van der Waals surface area contributed by atoms with Crippen molar-refractivity contribution in [3.05, 3.63) is 64.5 Å². The first kappa shape index (κ1) is 23.1. The maximum atomic E-state index is 11.2. The molecule has 0 fully saturated rings. The van der Waals surface area contributed by atoms with Crippen LogP contribution in [-0.2, 0) is 0 Å². The van der Waals surface area contributed by atoms with E-state index in [1.54, 1.807) is 22.9 Å². The fourth-order valence-corrected chi connectivity index (χ4v) is 2.09. The number of halogens is 3. The SMILES string of the molecule is CC(C)I.CC(C)n1cc(I)ccc1=O.O=c1ccc(I)c[nH]1. The van der Waals surface area contributed by atoms with E-state index in [1.165, 1.54) is 6.07 Å². The van der Waals surface area contributed by atoms with Crippen molar-refractivity contribution in [2.45, 2.75) is 37.7 Å². The highest BCUT2D eigenvalue weighted by Gasteiger charge is 1.99. The minimum Gasteiger partial charge on any atom is -0.328 e. The molecule has 0 spiro atoms. The summed E-state index contributed by atoms with van der Waals surface area (Å²) in [5, 5.41) is 0. The van der Waals surface area contributed by atoms with Gasteiger partial charge in [-0.15, -0.1) is 0 Å². The second-order valence-corrected chi connectivity index (χ2v) is 10.1. The predicted octanol–water partition coefficient (Wildman–Crippen LogP) is 4.84. The molecule has 23 heavy (non-hydrogen) atoms. The molecule has 0 aliphatic rings. The summed E-state index contributed by atoms with van der Waals surface area (Å²) in [6, 6.07) is 6.93. The summed E-state index contributed by atoms with van der Waals surface area (Å²) in [4.78, 5) is 24.1. The molecule has 4 nitrogen and oxygen atoms in total. The number of aromatic amines is 1. The van der Waals surface area contributed by atoms with Crippen molar-refractivity contribution in [2.24, 2.45) is 0 Å². The van der Waals surface area contributed by atoms with E-state index < -0.39 is 0 Å². The zero-order valence-electron chi connectivity index (χ0n) is 13.5. The second-order valence-electron chi connectivity index (χ2n) is 5.07. The minimum absolute atomic E-state index is 0.0505. The fourth-order valence-electron chi connectivity index (χ4n) is 1.27. The van der Waals surface area contributed by atoms with Gasteiger partial charge in [0.1, 0.15) is 0 Å². The lowest BCUT2D eigenvalue weighted by atomic mass is 10.3. The molecule has 2 aromatic rings. The van der Waals surface area contributed by atoms with Gasteiger partial charge in [-0.3, -0.25) is 9.59 Å². The van der Waals surface area contributed by atoms with Crippen molar-refractivity contribution in [3.63, 3.8) is 0 Å². The molecule has 0 radical (unpaired) electrons. The Morgan fingerprint density at radius 2 is 1.48 bits per heavy atom. The van der Waals surface area contributed by atoms with Gasteiger partial charge in [-0.1, -0.05) is 36.4 Å². The molecule has 0 amide bonds. The Kier molecular flexibility index (Phi) is 12.5. The van der Waals surface area contributed by atoms with Crippen LogP contribution in [0.3, 0.4) is 0 Å². The molecule has 0 aliphatic heterocycles. The molecule has 2 heterocycles. The predicted molar refractivity (Wildman–Crippen MR) is 123 cm³/mol. The maximum Gasteiger partial charge on any atom is 0.250 e. The standard InChI is InChI=1S/C8H10INO.C5H4INO.C3H7I/c1-6(2)10-5-7(9)3-4-8(10)11;6-4-1-2-5(8)7-3-4;1-3(2)4/h3-6H,1-2H3;1-3H,(H,7,8);3H,1-2H3. The van der Waals surface area contributed by atoms with Gasteiger partial charge in [-0.05, 0) is 71.2 Å². The van der Waals surface area contributed by atoms with E-state index in [1.807, 2.05) is 26.1 Å². The van der Waals surface area contributed by atoms with Crippen LogP contribution in [0.25, 0.3) is 0 Å². The summed E-state index contributed by atoms with van der Waals surface area (Å²) in [5.41, 5.74) is 0.0193. The average Bonchev–Trinajstić information content (AvgIpc) is 2.44. The molecular weight excluding hydrogens is 633 g/mol. The second kappa shape index (κ2) is 12.5. The van der Waals surface area contributed by atoms with Crippen molar-refractivity contribution < 1.29 is 0 Å². The van der Waals surface area contributed by atoms with Gasteiger partial charge in [-0.2, -0.15) is 0 Å². The van der Waals surface area contributed by atoms with Crippen molar-refractivity contribution in [1.29, 1.82) is 0 Å². The number of aromatic nitrogens is 2. The number of nitrogens with zero attached hydrogens (tertiary/aromatic N) is 1. The molecule has 128 valence electrons. The molecule has 0 unspecified atom stereocenters. The molecular formula is C16H21I3N2O2. The third kappa shape index (κ3) is 12.1. The van der Waals surface area contributed by atoms with Gasteiger partial charge in [0.2, 0.25) is 5.56 Å². The zero-order valence-corrected chi connectivity index (χ0v) is 20.0.